The first kappa shape index (κ1) is 13.8. The summed E-state index contributed by atoms with van der Waals surface area (Å²) in [5.74, 6) is -0.157. The molecule has 0 spiro atoms. The van der Waals surface area contributed by atoms with Gasteiger partial charge in [-0.05, 0) is 36.4 Å². The molecule has 0 bridgehead atoms. The first-order valence-electron chi connectivity index (χ1n) is 6.47. The zero-order chi connectivity index (χ0) is 15.4. The molecule has 0 atom stereocenters. The van der Waals surface area contributed by atoms with Crippen molar-refractivity contribution >= 4 is 17.6 Å². The van der Waals surface area contributed by atoms with E-state index in [2.05, 4.69) is 15.5 Å². The van der Waals surface area contributed by atoms with Crippen LogP contribution in [0.15, 0.2) is 59.0 Å². The zero-order valence-electron chi connectivity index (χ0n) is 11.4. The van der Waals surface area contributed by atoms with E-state index in [4.69, 9.17) is 9.62 Å². The van der Waals surface area contributed by atoms with Crippen molar-refractivity contribution in [2.45, 2.75) is 0 Å². The van der Waals surface area contributed by atoms with Crippen LogP contribution in [0.2, 0.25) is 0 Å². The van der Waals surface area contributed by atoms with Gasteiger partial charge in [-0.25, -0.2) is 5.48 Å². The molecular formula is C15H12N4O3. The van der Waals surface area contributed by atoms with Crippen LogP contribution >= 0.6 is 0 Å². The van der Waals surface area contributed by atoms with E-state index in [1.54, 1.807) is 29.7 Å². The monoisotopic (exact) mass is 296 g/mol. The molecule has 0 saturated carbocycles. The molecular weight excluding hydrogens is 284 g/mol. The molecule has 7 nitrogen and oxygen atoms in total. The number of hydrogen-bond donors (Lipinski definition) is 3. The first-order chi connectivity index (χ1) is 10.8. The maximum Gasteiger partial charge on any atom is 0.320 e. The summed E-state index contributed by atoms with van der Waals surface area (Å²) in [6.45, 7) is 0. The van der Waals surface area contributed by atoms with Gasteiger partial charge < -0.3 is 9.73 Å². The molecule has 3 N–H and O–H groups in total. The smallest absolute Gasteiger partial charge is 0.320 e. The Morgan fingerprint density at radius 1 is 1.00 bits per heavy atom. The Bertz CT molecular complexity index is 769. The number of hydroxylamine groups is 1. The molecule has 1 amide bonds. The van der Waals surface area contributed by atoms with Crippen molar-refractivity contribution in [1.82, 2.24) is 15.7 Å². The number of carbonyl (C=O) groups is 1. The molecule has 22 heavy (non-hydrogen) atoms. The molecule has 110 valence electrons. The average molecular weight is 296 g/mol. The van der Waals surface area contributed by atoms with Crippen LogP contribution in [0.3, 0.4) is 0 Å². The van der Waals surface area contributed by atoms with Gasteiger partial charge in [0.1, 0.15) is 0 Å². The lowest BCUT2D eigenvalue weighted by atomic mass is 10.2. The van der Waals surface area contributed by atoms with E-state index >= 15 is 0 Å². The fraction of sp³-hybridized carbons (Fsp3) is 0. The number of nitrogens with one attached hydrogen (secondary N) is 2. The molecule has 0 unspecified atom stereocenters. The quantitative estimate of drug-likeness (QED) is 0.505. The number of amides is 1. The van der Waals surface area contributed by atoms with Gasteiger partial charge >= 0.3 is 6.01 Å². The van der Waals surface area contributed by atoms with Gasteiger partial charge in [-0.15, -0.1) is 5.10 Å². The van der Waals surface area contributed by atoms with E-state index in [1.807, 2.05) is 30.3 Å². The Kier molecular flexibility index (Phi) is 3.80. The SMILES string of the molecule is O=C(NO)c1ccc(Nc2nnc(-c3ccccc3)o2)cc1. The van der Waals surface area contributed by atoms with Crippen LogP contribution in [-0.2, 0) is 0 Å². The van der Waals surface area contributed by atoms with E-state index in [1.165, 1.54) is 0 Å². The molecule has 0 aliphatic rings. The summed E-state index contributed by atoms with van der Waals surface area (Å²) in [6, 6.07) is 16.1. The van der Waals surface area contributed by atoms with Crippen molar-refractivity contribution in [3.63, 3.8) is 0 Å². The Morgan fingerprint density at radius 2 is 1.73 bits per heavy atom. The van der Waals surface area contributed by atoms with E-state index < -0.39 is 5.91 Å². The molecule has 0 fully saturated rings. The molecule has 0 aliphatic carbocycles. The largest absolute Gasteiger partial charge is 0.403 e. The van der Waals surface area contributed by atoms with Crippen molar-refractivity contribution < 1.29 is 14.4 Å². The molecule has 0 saturated heterocycles. The van der Waals surface area contributed by atoms with Crippen molar-refractivity contribution in [2.75, 3.05) is 5.32 Å². The van der Waals surface area contributed by atoms with Gasteiger partial charge in [-0.1, -0.05) is 23.3 Å². The van der Waals surface area contributed by atoms with Gasteiger partial charge in [-0.2, -0.15) is 0 Å². The maximum atomic E-state index is 11.2. The molecule has 0 radical (unpaired) electrons. The highest BCUT2D eigenvalue weighted by Crippen LogP contribution is 2.21. The standard InChI is InChI=1S/C15H12N4O3/c20-13(19-21)10-6-8-12(9-7-10)16-15-18-17-14(22-15)11-4-2-1-3-5-11/h1-9,21H,(H,16,18)(H,19,20). The lowest BCUT2D eigenvalue weighted by molar-refractivity contribution is 0.0706. The van der Waals surface area contributed by atoms with Crippen LogP contribution in [0.4, 0.5) is 11.7 Å². The highest BCUT2D eigenvalue weighted by atomic mass is 16.5. The summed E-state index contributed by atoms with van der Waals surface area (Å²) in [5.41, 5.74) is 3.42. The minimum Gasteiger partial charge on any atom is -0.403 e. The fourth-order valence-electron chi connectivity index (χ4n) is 1.86. The lowest BCUT2D eigenvalue weighted by Crippen LogP contribution is -2.18. The van der Waals surface area contributed by atoms with Gasteiger partial charge in [0.15, 0.2) is 0 Å². The van der Waals surface area contributed by atoms with Gasteiger partial charge in [0.2, 0.25) is 5.89 Å². The predicted molar refractivity (Wildman–Crippen MR) is 78.7 cm³/mol. The predicted octanol–water partition coefficient (Wildman–Crippen LogP) is 2.60. The minimum absolute atomic E-state index is 0.248. The summed E-state index contributed by atoms with van der Waals surface area (Å²) < 4.78 is 5.52. The molecule has 3 aromatic rings. The number of rotatable bonds is 4. The minimum atomic E-state index is -0.573. The number of benzene rings is 2. The van der Waals surface area contributed by atoms with E-state index in [0.29, 0.717) is 17.1 Å². The lowest BCUT2D eigenvalue weighted by Gasteiger charge is -2.02. The Hall–Kier alpha value is -3.19. The van der Waals surface area contributed by atoms with Crippen LogP contribution in [-0.4, -0.2) is 21.3 Å². The van der Waals surface area contributed by atoms with Crippen molar-refractivity contribution in [3.8, 4) is 11.5 Å². The average Bonchev–Trinajstić information content (AvgIpc) is 3.04. The third-order valence-corrected chi connectivity index (χ3v) is 2.95. The van der Waals surface area contributed by atoms with Crippen LogP contribution in [0.25, 0.3) is 11.5 Å². The summed E-state index contributed by atoms with van der Waals surface area (Å²) in [4.78, 5) is 11.2. The topological polar surface area (TPSA) is 100 Å². The van der Waals surface area contributed by atoms with Crippen molar-refractivity contribution in [3.05, 3.63) is 60.2 Å². The summed E-state index contributed by atoms with van der Waals surface area (Å²) in [5, 5.41) is 19.4. The van der Waals surface area contributed by atoms with Gasteiger partial charge in [0.05, 0.1) is 0 Å². The highest BCUT2D eigenvalue weighted by molar-refractivity contribution is 5.93. The van der Waals surface area contributed by atoms with Crippen LogP contribution < -0.4 is 10.8 Å². The maximum absolute atomic E-state index is 11.2. The number of hydrogen-bond acceptors (Lipinski definition) is 6. The Labute approximate surface area is 125 Å². The number of carbonyl (C=O) groups excluding carboxylic acids is 1. The van der Waals surface area contributed by atoms with Crippen molar-refractivity contribution in [1.29, 1.82) is 0 Å². The first-order valence-corrected chi connectivity index (χ1v) is 6.47. The van der Waals surface area contributed by atoms with E-state index in [-0.39, 0.29) is 6.01 Å². The summed E-state index contributed by atoms with van der Waals surface area (Å²) >= 11 is 0. The zero-order valence-corrected chi connectivity index (χ0v) is 11.4. The summed E-state index contributed by atoms with van der Waals surface area (Å²) in [6.07, 6.45) is 0. The number of aromatic nitrogens is 2. The molecule has 1 heterocycles. The second-order valence-electron chi connectivity index (χ2n) is 4.42. The fourth-order valence-corrected chi connectivity index (χ4v) is 1.86. The highest BCUT2D eigenvalue weighted by Gasteiger charge is 2.09. The van der Waals surface area contributed by atoms with Gasteiger partial charge in [0.25, 0.3) is 5.91 Å². The number of anilines is 2. The van der Waals surface area contributed by atoms with Crippen LogP contribution in [0.5, 0.6) is 0 Å². The Morgan fingerprint density at radius 3 is 2.41 bits per heavy atom. The van der Waals surface area contributed by atoms with Gasteiger partial charge in [0, 0.05) is 16.8 Å². The molecule has 1 aromatic heterocycles. The molecule has 2 aromatic carbocycles. The third kappa shape index (κ3) is 2.94. The second kappa shape index (κ2) is 6.06. The molecule has 7 heteroatoms. The van der Waals surface area contributed by atoms with Gasteiger partial charge in [-0.3, -0.25) is 10.0 Å². The normalized spacial score (nSPS) is 10.2. The van der Waals surface area contributed by atoms with Crippen LogP contribution in [0, 0.1) is 0 Å². The molecule has 3 rings (SSSR count). The van der Waals surface area contributed by atoms with E-state index in [9.17, 15) is 4.79 Å². The Balaban J connectivity index is 1.74. The summed E-state index contributed by atoms with van der Waals surface area (Å²) in [7, 11) is 0. The van der Waals surface area contributed by atoms with Crippen LogP contribution in [0.1, 0.15) is 10.4 Å². The van der Waals surface area contributed by atoms with E-state index in [0.717, 1.165) is 5.56 Å². The number of nitrogens with zero attached hydrogens (tertiary/aromatic N) is 2. The second-order valence-corrected chi connectivity index (χ2v) is 4.42. The third-order valence-electron chi connectivity index (χ3n) is 2.95. The van der Waals surface area contributed by atoms with Crippen molar-refractivity contribution in [2.24, 2.45) is 0 Å². The molecule has 0 aliphatic heterocycles.